The number of carbonyl (C=O) groups is 3. The first-order valence-electron chi connectivity index (χ1n) is 13.5. The standard InChI is InChI=1S/C30H35ClN2O7/c1-5-7-13-39-18-11-12-19(20(31)14-18)28-26-21(15-30(3,4)16-24(26)35)32-27-22(9-8-10-23(27)34)33(28)29(37)40-17-25(36)38-6-2/h8-12,14,28,32,34H,5-7,13,15-17H2,1-4H3. The number of allylic oxidation sites excluding steroid dienone is 1. The lowest BCUT2D eigenvalue weighted by atomic mass is 9.73. The third-order valence-corrected chi connectivity index (χ3v) is 7.18. The minimum absolute atomic E-state index is 0.116. The van der Waals surface area contributed by atoms with Crippen LogP contribution in [0.3, 0.4) is 0 Å². The quantitative estimate of drug-likeness (QED) is 0.209. The van der Waals surface area contributed by atoms with Gasteiger partial charge in [0.15, 0.2) is 12.4 Å². The highest BCUT2D eigenvalue weighted by molar-refractivity contribution is 6.31. The number of phenols is 1. The van der Waals surface area contributed by atoms with Gasteiger partial charge >= 0.3 is 12.1 Å². The van der Waals surface area contributed by atoms with Crippen LogP contribution in [0.15, 0.2) is 47.7 Å². The summed E-state index contributed by atoms with van der Waals surface area (Å²) in [6.07, 6.45) is 1.69. The summed E-state index contributed by atoms with van der Waals surface area (Å²) in [7, 11) is 0. The summed E-state index contributed by atoms with van der Waals surface area (Å²) in [4.78, 5) is 40.9. The fraction of sp³-hybridized carbons (Fsp3) is 0.433. The van der Waals surface area contributed by atoms with E-state index in [0.29, 0.717) is 35.6 Å². The molecule has 214 valence electrons. The van der Waals surface area contributed by atoms with Gasteiger partial charge in [-0.15, -0.1) is 0 Å². The van der Waals surface area contributed by atoms with Crippen LogP contribution in [0.2, 0.25) is 5.02 Å². The fourth-order valence-electron chi connectivity index (χ4n) is 5.08. The zero-order chi connectivity index (χ0) is 29.0. The second-order valence-electron chi connectivity index (χ2n) is 10.6. The Morgan fingerprint density at radius 2 is 1.93 bits per heavy atom. The number of nitrogens with one attached hydrogen (secondary N) is 1. The first-order valence-corrected chi connectivity index (χ1v) is 13.8. The maximum Gasteiger partial charge on any atom is 0.415 e. The molecule has 0 bridgehead atoms. The molecule has 0 aromatic heterocycles. The smallest absolute Gasteiger partial charge is 0.415 e. The van der Waals surface area contributed by atoms with Gasteiger partial charge in [-0.3, -0.25) is 9.69 Å². The minimum atomic E-state index is -1.01. The van der Waals surface area contributed by atoms with Crippen molar-refractivity contribution in [2.75, 3.05) is 30.0 Å². The van der Waals surface area contributed by atoms with Crippen LogP contribution in [0.25, 0.3) is 0 Å². The van der Waals surface area contributed by atoms with Gasteiger partial charge in [-0.25, -0.2) is 9.59 Å². The lowest BCUT2D eigenvalue weighted by Gasteiger charge is -2.36. The summed E-state index contributed by atoms with van der Waals surface area (Å²) < 4.78 is 16.1. The van der Waals surface area contributed by atoms with Crippen molar-refractivity contribution in [1.29, 1.82) is 0 Å². The van der Waals surface area contributed by atoms with E-state index in [1.807, 2.05) is 13.8 Å². The van der Waals surface area contributed by atoms with E-state index in [1.54, 1.807) is 37.3 Å². The number of amides is 1. The highest BCUT2D eigenvalue weighted by Crippen LogP contribution is 2.51. The van der Waals surface area contributed by atoms with Crippen LogP contribution in [0.5, 0.6) is 11.5 Å². The maximum absolute atomic E-state index is 13.8. The number of nitrogens with zero attached hydrogens (tertiary/aromatic N) is 1. The zero-order valence-corrected chi connectivity index (χ0v) is 24.0. The molecule has 1 unspecified atom stereocenters. The van der Waals surface area contributed by atoms with E-state index in [1.165, 1.54) is 11.0 Å². The van der Waals surface area contributed by atoms with Crippen LogP contribution in [0.1, 0.15) is 65.0 Å². The number of aromatic hydroxyl groups is 1. The van der Waals surface area contributed by atoms with Crippen LogP contribution in [0.4, 0.5) is 16.2 Å². The normalized spacial score (nSPS) is 17.8. The number of hydrogen-bond acceptors (Lipinski definition) is 8. The molecule has 0 spiro atoms. The van der Waals surface area contributed by atoms with Crippen molar-refractivity contribution in [2.24, 2.45) is 5.41 Å². The Kier molecular flexibility index (Phi) is 8.93. The molecule has 1 aliphatic carbocycles. The van der Waals surface area contributed by atoms with Crippen LogP contribution in [0, 0.1) is 5.41 Å². The van der Waals surface area contributed by atoms with Gasteiger partial charge in [-0.2, -0.15) is 0 Å². The molecule has 2 aromatic rings. The molecule has 2 aromatic carbocycles. The van der Waals surface area contributed by atoms with E-state index in [4.69, 9.17) is 25.8 Å². The number of hydrogen-bond donors (Lipinski definition) is 2. The molecule has 0 radical (unpaired) electrons. The first kappa shape index (κ1) is 29.3. The molecule has 2 aliphatic rings. The Bertz CT molecular complexity index is 1340. The molecule has 0 saturated heterocycles. The molecule has 1 aliphatic heterocycles. The number of carbonyl (C=O) groups excluding carboxylic acids is 3. The van der Waals surface area contributed by atoms with E-state index in [9.17, 15) is 19.5 Å². The number of rotatable bonds is 8. The first-order chi connectivity index (χ1) is 19.1. The van der Waals surface area contributed by atoms with Crippen LogP contribution < -0.4 is 15.0 Å². The Hall–Kier alpha value is -3.72. The molecule has 40 heavy (non-hydrogen) atoms. The molecule has 0 fully saturated rings. The highest BCUT2D eigenvalue weighted by Gasteiger charge is 2.45. The number of unbranched alkanes of at least 4 members (excludes halogenated alkanes) is 1. The molecular weight excluding hydrogens is 536 g/mol. The monoisotopic (exact) mass is 570 g/mol. The van der Waals surface area contributed by atoms with Gasteiger partial charge in [-0.1, -0.05) is 50.9 Å². The highest BCUT2D eigenvalue weighted by atomic mass is 35.5. The number of para-hydroxylation sites is 1. The molecule has 10 heteroatoms. The van der Waals surface area contributed by atoms with Crippen molar-refractivity contribution < 1.29 is 33.7 Å². The molecule has 4 rings (SSSR count). The number of fused-ring (bicyclic) bond motifs is 1. The number of anilines is 2. The summed E-state index contributed by atoms with van der Waals surface area (Å²) in [6.45, 7) is 7.73. The van der Waals surface area contributed by atoms with Crippen molar-refractivity contribution in [2.45, 2.75) is 59.4 Å². The van der Waals surface area contributed by atoms with E-state index >= 15 is 0 Å². The van der Waals surface area contributed by atoms with Gasteiger partial charge in [-0.05, 0) is 55.0 Å². The van der Waals surface area contributed by atoms with E-state index in [2.05, 4.69) is 12.2 Å². The number of phenolic OH excluding ortho intramolecular Hbond substituents is 1. The van der Waals surface area contributed by atoms with Crippen LogP contribution in [-0.4, -0.2) is 42.8 Å². The molecular formula is C30H35ClN2O7. The predicted molar refractivity (Wildman–Crippen MR) is 152 cm³/mol. The maximum atomic E-state index is 13.8. The molecule has 2 N–H and O–H groups in total. The molecule has 1 atom stereocenters. The van der Waals surface area contributed by atoms with Gasteiger partial charge in [0.1, 0.15) is 17.2 Å². The number of halogens is 1. The lowest BCUT2D eigenvalue weighted by Crippen LogP contribution is -2.40. The number of benzene rings is 2. The van der Waals surface area contributed by atoms with Crippen molar-refractivity contribution in [1.82, 2.24) is 0 Å². The molecule has 1 heterocycles. The Morgan fingerprint density at radius 1 is 1.15 bits per heavy atom. The zero-order valence-electron chi connectivity index (χ0n) is 23.2. The number of ketones is 1. The van der Waals surface area contributed by atoms with Crippen LogP contribution >= 0.6 is 11.6 Å². The van der Waals surface area contributed by atoms with E-state index in [0.717, 1.165) is 12.8 Å². The second kappa shape index (κ2) is 12.2. The number of esters is 1. The van der Waals surface area contributed by atoms with Gasteiger partial charge in [0.2, 0.25) is 0 Å². The molecule has 9 nitrogen and oxygen atoms in total. The summed E-state index contributed by atoms with van der Waals surface area (Å²) in [5.41, 5.74) is 1.53. The average molecular weight is 571 g/mol. The third kappa shape index (κ3) is 6.20. The Balaban J connectivity index is 1.89. The van der Waals surface area contributed by atoms with Crippen molar-refractivity contribution in [3.05, 3.63) is 58.3 Å². The van der Waals surface area contributed by atoms with Crippen molar-refractivity contribution in [3.8, 4) is 11.5 Å². The van der Waals surface area contributed by atoms with E-state index < -0.39 is 24.7 Å². The largest absolute Gasteiger partial charge is 0.506 e. The lowest BCUT2D eigenvalue weighted by molar-refractivity contribution is -0.146. The van der Waals surface area contributed by atoms with Gasteiger partial charge in [0.25, 0.3) is 0 Å². The van der Waals surface area contributed by atoms with Gasteiger partial charge in [0, 0.05) is 22.7 Å². The molecule has 0 saturated carbocycles. The van der Waals surface area contributed by atoms with Crippen LogP contribution in [-0.2, 0) is 19.1 Å². The summed E-state index contributed by atoms with van der Waals surface area (Å²) in [5, 5.41) is 14.4. The van der Waals surface area contributed by atoms with Crippen molar-refractivity contribution >= 4 is 40.8 Å². The van der Waals surface area contributed by atoms with Gasteiger partial charge in [0.05, 0.1) is 24.9 Å². The minimum Gasteiger partial charge on any atom is -0.506 e. The fourth-order valence-corrected chi connectivity index (χ4v) is 5.36. The third-order valence-electron chi connectivity index (χ3n) is 6.86. The predicted octanol–water partition coefficient (Wildman–Crippen LogP) is 6.54. The second-order valence-corrected chi connectivity index (χ2v) is 11.1. The summed E-state index contributed by atoms with van der Waals surface area (Å²) in [5.74, 6) is -0.430. The van der Waals surface area contributed by atoms with Gasteiger partial charge < -0.3 is 24.6 Å². The molecule has 1 amide bonds. The van der Waals surface area contributed by atoms with Crippen molar-refractivity contribution in [3.63, 3.8) is 0 Å². The average Bonchev–Trinajstić information content (AvgIpc) is 3.02. The number of ether oxygens (including phenoxy) is 3. The number of Topliss-reactive ketones (excluding diaryl/α,β-unsaturated/α-hetero) is 1. The Labute approximate surface area is 239 Å². The SMILES string of the molecule is CCCCOc1ccc(C2C3=C(CC(C)(C)CC3=O)Nc3c(O)cccc3N2C(=O)OCC(=O)OCC)c(Cl)c1. The topological polar surface area (TPSA) is 114 Å². The summed E-state index contributed by atoms with van der Waals surface area (Å²) >= 11 is 6.82. The summed E-state index contributed by atoms with van der Waals surface area (Å²) in [6, 6.07) is 8.82. The van der Waals surface area contributed by atoms with E-state index in [-0.39, 0.29) is 46.4 Å². The Morgan fingerprint density at radius 3 is 2.62 bits per heavy atom.